The van der Waals surface area contributed by atoms with Crippen LogP contribution in [0.3, 0.4) is 0 Å². The zero-order valence-electron chi connectivity index (χ0n) is 12.0. The highest BCUT2D eigenvalue weighted by atomic mass is 35.5. The van der Waals surface area contributed by atoms with Gasteiger partial charge in [0.25, 0.3) is 0 Å². The number of ether oxygens (including phenoxy) is 3. The first-order valence-electron chi connectivity index (χ1n) is 6.20. The highest BCUT2D eigenvalue weighted by Gasteiger charge is 2.08. The maximum Gasteiger partial charge on any atom is 0.191 e. The molecule has 112 valence electrons. The number of aromatic nitrogens is 2. The third-order valence-corrected chi connectivity index (χ3v) is 3.04. The number of rotatable bonds is 6. The van der Waals surface area contributed by atoms with E-state index in [4.69, 9.17) is 25.8 Å². The molecule has 0 aliphatic rings. The van der Waals surface area contributed by atoms with Gasteiger partial charge in [-0.2, -0.15) is 0 Å². The predicted molar refractivity (Wildman–Crippen MR) is 80.5 cm³/mol. The van der Waals surface area contributed by atoms with E-state index in [1.807, 2.05) is 18.2 Å². The van der Waals surface area contributed by atoms with Gasteiger partial charge in [0.05, 0.1) is 21.3 Å². The summed E-state index contributed by atoms with van der Waals surface area (Å²) >= 11 is 5.77. The zero-order valence-corrected chi connectivity index (χ0v) is 12.8. The van der Waals surface area contributed by atoms with Crippen LogP contribution in [-0.4, -0.2) is 31.5 Å². The lowest BCUT2D eigenvalue weighted by molar-refractivity contribution is 0.354. The number of nitrogens with one attached hydrogen (secondary N) is 1. The molecule has 1 aromatic carbocycles. The quantitative estimate of drug-likeness (QED) is 0.885. The van der Waals surface area contributed by atoms with Crippen LogP contribution in [0.2, 0.25) is 5.15 Å². The van der Waals surface area contributed by atoms with Crippen molar-refractivity contribution in [1.29, 1.82) is 0 Å². The molecule has 0 aliphatic carbocycles. The Balaban J connectivity index is 2.13. The number of anilines is 1. The zero-order chi connectivity index (χ0) is 15.2. The Hall–Kier alpha value is -2.21. The molecule has 0 fully saturated rings. The van der Waals surface area contributed by atoms with Crippen molar-refractivity contribution in [3.05, 3.63) is 35.0 Å². The molecule has 6 nitrogen and oxygen atoms in total. The van der Waals surface area contributed by atoms with Crippen molar-refractivity contribution in [3.8, 4) is 17.2 Å². The molecule has 0 amide bonds. The van der Waals surface area contributed by atoms with Gasteiger partial charge in [0.15, 0.2) is 28.2 Å². The summed E-state index contributed by atoms with van der Waals surface area (Å²) in [6, 6.07) is 7.28. The first kappa shape index (κ1) is 15.2. The minimum Gasteiger partial charge on any atom is -0.493 e. The number of benzene rings is 1. The van der Waals surface area contributed by atoms with Crippen molar-refractivity contribution < 1.29 is 14.2 Å². The number of nitrogens with zero attached hydrogens (tertiary/aromatic N) is 2. The second-order valence-corrected chi connectivity index (χ2v) is 4.51. The monoisotopic (exact) mass is 309 g/mol. The van der Waals surface area contributed by atoms with Gasteiger partial charge in [-0.05, 0) is 17.7 Å². The minimum absolute atomic E-state index is 0.281. The lowest BCUT2D eigenvalue weighted by Crippen LogP contribution is -2.05. The van der Waals surface area contributed by atoms with Gasteiger partial charge in [-0.3, -0.25) is 0 Å². The van der Waals surface area contributed by atoms with E-state index in [1.165, 1.54) is 0 Å². The van der Waals surface area contributed by atoms with Crippen molar-refractivity contribution in [1.82, 2.24) is 10.2 Å². The lowest BCUT2D eigenvalue weighted by atomic mass is 10.2. The first-order valence-corrected chi connectivity index (χ1v) is 6.57. The van der Waals surface area contributed by atoms with E-state index < -0.39 is 0 Å². The summed E-state index contributed by atoms with van der Waals surface area (Å²) < 4.78 is 15.7. The topological polar surface area (TPSA) is 65.5 Å². The Bertz CT molecular complexity index is 622. The Morgan fingerprint density at radius 3 is 2.33 bits per heavy atom. The van der Waals surface area contributed by atoms with E-state index in [1.54, 1.807) is 27.4 Å². The van der Waals surface area contributed by atoms with Crippen LogP contribution in [-0.2, 0) is 6.54 Å². The molecule has 0 atom stereocenters. The lowest BCUT2D eigenvalue weighted by Gasteiger charge is -2.12. The Morgan fingerprint density at radius 1 is 0.952 bits per heavy atom. The van der Waals surface area contributed by atoms with Crippen molar-refractivity contribution in [3.63, 3.8) is 0 Å². The highest BCUT2D eigenvalue weighted by Crippen LogP contribution is 2.28. The van der Waals surface area contributed by atoms with Crippen LogP contribution < -0.4 is 19.5 Å². The molecule has 0 saturated heterocycles. The minimum atomic E-state index is 0.281. The Kier molecular flexibility index (Phi) is 5.05. The van der Waals surface area contributed by atoms with E-state index in [0.717, 1.165) is 5.56 Å². The largest absolute Gasteiger partial charge is 0.493 e. The third kappa shape index (κ3) is 3.66. The smallest absolute Gasteiger partial charge is 0.191 e. The molecular formula is C14H16ClN3O3. The summed E-state index contributed by atoms with van der Waals surface area (Å²) in [5.74, 6) is 2.42. The molecule has 0 aliphatic heterocycles. The number of hydrogen-bond donors (Lipinski definition) is 1. The number of hydrogen-bond acceptors (Lipinski definition) is 6. The van der Waals surface area contributed by atoms with Gasteiger partial charge in [-0.1, -0.05) is 17.7 Å². The molecule has 21 heavy (non-hydrogen) atoms. The summed E-state index contributed by atoms with van der Waals surface area (Å²) in [5, 5.41) is 11.2. The van der Waals surface area contributed by atoms with Gasteiger partial charge in [0, 0.05) is 12.6 Å². The van der Waals surface area contributed by atoms with E-state index in [9.17, 15) is 0 Å². The van der Waals surface area contributed by atoms with Crippen LogP contribution in [0.5, 0.6) is 17.2 Å². The number of halogens is 1. The fourth-order valence-corrected chi connectivity index (χ4v) is 1.94. The predicted octanol–water partition coefficient (Wildman–Crippen LogP) is 2.77. The van der Waals surface area contributed by atoms with Crippen molar-refractivity contribution >= 4 is 17.4 Å². The van der Waals surface area contributed by atoms with Crippen LogP contribution in [0.4, 0.5) is 5.82 Å². The van der Waals surface area contributed by atoms with E-state index in [0.29, 0.717) is 29.6 Å². The third-order valence-electron chi connectivity index (χ3n) is 2.86. The van der Waals surface area contributed by atoms with Crippen molar-refractivity contribution in [2.75, 3.05) is 26.6 Å². The average molecular weight is 310 g/mol. The van der Waals surface area contributed by atoms with Gasteiger partial charge < -0.3 is 19.5 Å². The summed E-state index contributed by atoms with van der Waals surface area (Å²) in [7, 11) is 4.75. The van der Waals surface area contributed by atoms with Gasteiger partial charge in [0.1, 0.15) is 0 Å². The molecule has 7 heteroatoms. The summed E-state index contributed by atoms with van der Waals surface area (Å²) in [4.78, 5) is 0. The van der Waals surface area contributed by atoms with Crippen LogP contribution in [0, 0.1) is 0 Å². The maximum atomic E-state index is 5.77. The molecule has 1 N–H and O–H groups in total. The fourth-order valence-electron chi connectivity index (χ4n) is 1.81. The van der Waals surface area contributed by atoms with E-state index >= 15 is 0 Å². The molecule has 2 aromatic rings. The van der Waals surface area contributed by atoms with E-state index in [-0.39, 0.29) is 5.15 Å². The molecule has 1 heterocycles. The molecule has 2 rings (SSSR count). The molecule has 0 unspecified atom stereocenters. The average Bonchev–Trinajstić information content (AvgIpc) is 2.53. The van der Waals surface area contributed by atoms with Gasteiger partial charge >= 0.3 is 0 Å². The highest BCUT2D eigenvalue weighted by molar-refractivity contribution is 6.29. The van der Waals surface area contributed by atoms with Crippen LogP contribution >= 0.6 is 11.6 Å². The van der Waals surface area contributed by atoms with Crippen LogP contribution in [0.15, 0.2) is 24.3 Å². The molecule has 0 bridgehead atoms. The molecule has 0 spiro atoms. The van der Waals surface area contributed by atoms with Gasteiger partial charge in [0.2, 0.25) is 0 Å². The van der Waals surface area contributed by atoms with Crippen LogP contribution in [0.1, 0.15) is 5.56 Å². The molecule has 0 radical (unpaired) electrons. The normalized spacial score (nSPS) is 10.1. The van der Waals surface area contributed by atoms with Gasteiger partial charge in [-0.25, -0.2) is 0 Å². The molecule has 0 saturated carbocycles. The second kappa shape index (κ2) is 6.99. The fraction of sp³-hybridized carbons (Fsp3) is 0.286. The van der Waals surface area contributed by atoms with Crippen LogP contribution in [0.25, 0.3) is 0 Å². The second-order valence-electron chi connectivity index (χ2n) is 4.13. The van der Waals surface area contributed by atoms with E-state index in [2.05, 4.69) is 15.5 Å². The SMILES string of the molecule is COc1ccc(CNc2nnc(Cl)cc2OC)cc1OC. The summed E-state index contributed by atoms with van der Waals surface area (Å²) in [6.07, 6.45) is 0. The first-order chi connectivity index (χ1) is 10.2. The number of methoxy groups -OCH3 is 3. The molecule has 1 aromatic heterocycles. The summed E-state index contributed by atoms with van der Waals surface area (Å²) in [5.41, 5.74) is 1.01. The Morgan fingerprint density at radius 2 is 1.67 bits per heavy atom. The molecular weight excluding hydrogens is 294 g/mol. The maximum absolute atomic E-state index is 5.77. The Labute approximate surface area is 128 Å². The van der Waals surface area contributed by atoms with Crippen molar-refractivity contribution in [2.45, 2.75) is 6.54 Å². The van der Waals surface area contributed by atoms with Gasteiger partial charge in [-0.15, -0.1) is 10.2 Å². The summed E-state index contributed by atoms with van der Waals surface area (Å²) in [6.45, 7) is 0.535. The standard InChI is InChI=1S/C14H16ClN3O3/c1-19-10-5-4-9(6-11(10)20-2)8-16-14-12(21-3)7-13(15)17-18-14/h4-7H,8H2,1-3H3,(H,16,18). The van der Waals surface area contributed by atoms with Crippen molar-refractivity contribution in [2.24, 2.45) is 0 Å².